The zero-order valence-electron chi connectivity index (χ0n) is 12.8. The fraction of sp³-hybridized carbons (Fsp3) is 0.250. The molecule has 0 unspecified atom stereocenters. The minimum atomic E-state index is -3.63. The van der Waals surface area contributed by atoms with Crippen LogP contribution in [0.25, 0.3) is 0 Å². The van der Waals surface area contributed by atoms with Crippen molar-refractivity contribution in [3.63, 3.8) is 0 Å². The molecule has 5 nitrogen and oxygen atoms in total. The molecule has 0 aliphatic heterocycles. The number of hydrogen-bond donors (Lipinski definition) is 0. The second kappa shape index (κ2) is 6.70. The van der Waals surface area contributed by atoms with Crippen molar-refractivity contribution in [2.45, 2.75) is 11.8 Å². The molecule has 6 heteroatoms. The first-order chi connectivity index (χ1) is 10.5. The van der Waals surface area contributed by atoms with E-state index in [1.54, 1.807) is 50.4 Å². The van der Waals surface area contributed by atoms with E-state index >= 15 is 0 Å². The molecule has 118 valence electrons. The maximum absolute atomic E-state index is 12.8. The first kappa shape index (κ1) is 16.2. The Morgan fingerprint density at radius 2 is 1.59 bits per heavy atom. The van der Waals surface area contributed by atoms with E-state index in [9.17, 15) is 8.42 Å². The molecule has 0 bridgehead atoms. The molecule has 2 aromatic carbocycles. The average molecular weight is 321 g/mol. The van der Waals surface area contributed by atoms with Crippen LogP contribution in [0.1, 0.15) is 6.92 Å². The van der Waals surface area contributed by atoms with Gasteiger partial charge in [0.05, 0.1) is 24.8 Å². The number of methoxy groups -OCH3 is 2. The molecule has 0 spiro atoms. The molecule has 0 saturated carbocycles. The molecule has 0 heterocycles. The largest absolute Gasteiger partial charge is 0.497 e. The van der Waals surface area contributed by atoms with E-state index in [1.165, 1.54) is 23.5 Å². The van der Waals surface area contributed by atoms with Crippen LogP contribution in [0.15, 0.2) is 53.4 Å². The van der Waals surface area contributed by atoms with Gasteiger partial charge in [-0.25, -0.2) is 8.42 Å². The lowest BCUT2D eigenvalue weighted by Gasteiger charge is -2.23. The highest BCUT2D eigenvalue weighted by Gasteiger charge is 2.23. The van der Waals surface area contributed by atoms with Crippen LogP contribution in [-0.4, -0.2) is 29.2 Å². The smallest absolute Gasteiger partial charge is 0.264 e. The van der Waals surface area contributed by atoms with Crippen molar-refractivity contribution in [1.29, 1.82) is 0 Å². The van der Waals surface area contributed by atoms with Gasteiger partial charge in [0.15, 0.2) is 0 Å². The Balaban J connectivity index is 2.43. The second-order valence-corrected chi connectivity index (χ2v) is 6.41. The van der Waals surface area contributed by atoms with Crippen molar-refractivity contribution in [2.75, 3.05) is 25.1 Å². The summed E-state index contributed by atoms with van der Waals surface area (Å²) in [5, 5.41) is 0. The fourth-order valence-electron chi connectivity index (χ4n) is 2.13. The van der Waals surface area contributed by atoms with Gasteiger partial charge in [0.25, 0.3) is 10.0 Å². The Hall–Kier alpha value is -2.21. The quantitative estimate of drug-likeness (QED) is 0.821. The summed E-state index contributed by atoms with van der Waals surface area (Å²) in [4.78, 5) is 0.220. The molecule has 0 fully saturated rings. The Morgan fingerprint density at radius 3 is 2.14 bits per heavy atom. The maximum atomic E-state index is 12.8. The first-order valence-electron chi connectivity index (χ1n) is 6.83. The molecule has 0 radical (unpaired) electrons. The van der Waals surface area contributed by atoms with E-state index in [-0.39, 0.29) is 4.90 Å². The van der Waals surface area contributed by atoms with Gasteiger partial charge in [-0.05, 0) is 43.3 Å². The van der Waals surface area contributed by atoms with Crippen LogP contribution in [0.4, 0.5) is 5.69 Å². The summed E-state index contributed by atoms with van der Waals surface area (Å²) < 4.78 is 37.2. The Labute approximate surface area is 131 Å². The summed E-state index contributed by atoms with van der Waals surface area (Å²) in [5.41, 5.74) is 0.567. The van der Waals surface area contributed by atoms with E-state index in [0.717, 1.165) is 0 Å². The van der Waals surface area contributed by atoms with E-state index in [2.05, 4.69) is 0 Å². The number of ether oxygens (including phenoxy) is 2. The monoisotopic (exact) mass is 321 g/mol. The van der Waals surface area contributed by atoms with Gasteiger partial charge in [-0.1, -0.05) is 6.07 Å². The summed E-state index contributed by atoms with van der Waals surface area (Å²) in [5.74, 6) is 1.23. The molecule has 0 aliphatic rings. The summed E-state index contributed by atoms with van der Waals surface area (Å²) >= 11 is 0. The molecule has 0 amide bonds. The molecule has 0 N–H and O–H groups in total. The first-order valence-corrected chi connectivity index (χ1v) is 8.27. The summed E-state index contributed by atoms with van der Waals surface area (Å²) in [6, 6.07) is 13.3. The third-order valence-electron chi connectivity index (χ3n) is 3.28. The SMILES string of the molecule is CCN(c1cccc(OC)c1)S(=O)(=O)c1ccc(OC)cc1. The maximum Gasteiger partial charge on any atom is 0.264 e. The van der Waals surface area contributed by atoms with Gasteiger partial charge in [-0.3, -0.25) is 4.31 Å². The number of sulfonamides is 1. The van der Waals surface area contributed by atoms with Crippen molar-refractivity contribution >= 4 is 15.7 Å². The Kier molecular flexibility index (Phi) is 4.92. The predicted molar refractivity (Wildman–Crippen MR) is 86.2 cm³/mol. The third kappa shape index (κ3) is 3.17. The predicted octanol–water partition coefficient (Wildman–Crippen LogP) is 2.92. The minimum Gasteiger partial charge on any atom is -0.497 e. The lowest BCUT2D eigenvalue weighted by molar-refractivity contribution is 0.414. The second-order valence-electron chi connectivity index (χ2n) is 4.55. The van der Waals surface area contributed by atoms with Crippen LogP contribution in [0.2, 0.25) is 0 Å². The molecule has 0 saturated heterocycles. The van der Waals surface area contributed by atoms with E-state index in [1.807, 2.05) is 0 Å². The molecule has 2 aromatic rings. The number of nitrogens with zero attached hydrogens (tertiary/aromatic N) is 1. The Morgan fingerprint density at radius 1 is 0.955 bits per heavy atom. The standard InChI is InChI=1S/C16H19NO4S/c1-4-17(13-6-5-7-15(12-13)21-3)22(18,19)16-10-8-14(20-2)9-11-16/h5-12H,4H2,1-3H3. The summed E-state index contributed by atoms with van der Waals surface area (Å²) in [6.45, 7) is 2.11. The van der Waals surface area contributed by atoms with Gasteiger partial charge in [-0.2, -0.15) is 0 Å². The van der Waals surface area contributed by atoms with Crippen LogP contribution in [-0.2, 0) is 10.0 Å². The lowest BCUT2D eigenvalue weighted by atomic mass is 10.3. The number of rotatable bonds is 6. The molecule has 0 aliphatic carbocycles. The highest BCUT2D eigenvalue weighted by Crippen LogP contribution is 2.27. The number of benzene rings is 2. The number of hydrogen-bond acceptors (Lipinski definition) is 4. The third-order valence-corrected chi connectivity index (χ3v) is 5.19. The van der Waals surface area contributed by atoms with Crippen molar-refractivity contribution in [1.82, 2.24) is 0 Å². The zero-order chi connectivity index (χ0) is 16.2. The van der Waals surface area contributed by atoms with Crippen LogP contribution in [0, 0.1) is 0 Å². The summed E-state index contributed by atoms with van der Waals surface area (Å²) in [7, 11) is -0.543. The van der Waals surface area contributed by atoms with Gasteiger partial charge in [0, 0.05) is 12.6 Å². The molecular weight excluding hydrogens is 302 g/mol. The minimum absolute atomic E-state index is 0.220. The van der Waals surface area contributed by atoms with Gasteiger partial charge >= 0.3 is 0 Å². The van der Waals surface area contributed by atoms with Crippen LogP contribution < -0.4 is 13.8 Å². The molecule has 2 rings (SSSR count). The highest BCUT2D eigenvalue weighted by molar-refractivity contribution is 7.92. The van der Waals surface area contributed by atoms with Crippen molar-refractivity contribution in [2.24, 2.45) is 0 Å². The molecule has 0 aromatic heterocycles. The fourth-order valence-corrected chi connectivity index (χ4v) is 3.60. The van der Waals surface area contributed by atoms with Gasteiger partial charge in [0.2, 0.25) is 0 Å². The van der Waals surface area contributed by atoms with Crippen LogP contribution in [0.3, 0.4) is 0 Å². The molecular formula is C16H19NO4S. The molecule has 0 atom stereocenters. The van der Waals surface area contributed by atoms with E-state index in [4.69, 9.17) is 9.47 Å². The van der Waals surface area contributed by atoms with Crippen molar-refractivity contribution in [3.8, 4) is 11.5 Å². The topological polar surface area (TPSA) is 55.8 Å². The van der Waals surface area contributed by atoms with E-state index in [0.29, 0.717) is 23.7 Å². The van der Waals surface area contributed by atoms with Crippen LogP contribution in [0.5, 0.6) is 11.5 Å². The lowest BCUT2D eigenvalue weighted by Crippen LogP contribution is -2.30. The zero-order valence-corrected chi connectivity index (χ0v) is 13.6. The summed E-state index contributed by atoms with van der Waals surface area (Å²) in [6.07, 6.45) is 0. The average Bonchev–Trinajstić information content (AvgIpc) is 2.55. The van der Waals surface area contributed by atoms with Gasteiger partial charge < -0.3 is 9.47 Å². The van der Waals surface area contributed by atoms with Gasteiger partial charge in [-0.15, -0.1) is 0 Å². The van der Waals surface area contributed by atoms with Crippen molar-refractivity contribution in [3.05, 3.63) is 48.5 Å². The van der Waals surface area contributed by atoms with Crippen LogP contribution >= 0.6 is 0 Å². The molecule has 22 heavy (non-hydrogen) atoms. The van der Waals surface area contributed by atoms with Gasteiger partial charge in [0.1, 0.15) is 11.5 Å². The Bertz CT molecular complexity index is 726. The normalized spacial score (nSPS) is 11.0. The number of anilines is 1. The van der Waals surface area contributed by atoms with E-state index < -0.39 is 10.0 Å². The highest BCUT2D eigenvalue weighted by atomic mass is 32.2. The van der Waals surface area contributed by atoms with Crippen molar-refractivity contribution < 1.29 is 17.9 Å².